The first-order chi connectivity index (χ1) is 9.85. The van der Waals surface area contributed by atoms with Crippen molar-refractivity contribution >= 4 is 11.7 Å². The number of aromatic amines is 1. The van der Waals surface area contributed by atoms with Gasteiger partial charge < -0.3 is 10.6 Å². The fourth-order valence-corrected chi connectivity index (χ4v) is 1.84. The number of halogens is 3. The highest BCUT2D eigenvalue weighted by atomic mass is 19.4. The van der Waals surface area contributed by atoms with E-state index in [9.17, 15) is 18.0 Å². The second kappa shape index (κ2) is 5.86. The van der Waals surface area contributed by atoms with E-state index in [1.54, 1.807) is 30.3 Å². The summed E-state index contributed by atoms with van der Waals surface area (Å²) in [5, 5.41) is 5.87. The number of nitrogens with one attached hydrogen (secondary N) is 1. The zero-order valence-corrected chi connectivity index (χ0v) is 10.9. The molecular formula is C13H13F3N4O. The summed E-state index contributed by atoms with van der Waals surface area (Å²) >= 11 is 0. The highest BCUT2D eigenvalue weighted by molar-refractivity contribution is 5.93. The number of rotatable bonds is 4. The minimum atomic E-state index is -4.49. The first-order valence-corrected chi connectivity index (χ1v) is 6.06. The third-order valence-electron chi connectivity index (χ3n) is 2.70. The fourth-order valence-electron chi connectivity index (χ4n) is 1.84. The number of aromatic nitrogens is 2. The van der Waals surface area contributed by atoms with E-state index in [4.69, 9.17) is 5.73 Å². The monoisotopic (exact) mass is 298 g/mol. The number of H-pyrrole nitrogens is 1. The maximum Gasteiger partial charge on any atom is 0.406 e. The normalized spacial score (nSPS) is 11.4. The Kier molecular flexibility index (Phi) is 4.15. The molecule has 8 heteroatoms. The number of amides is 1. The van der Waals surface area contributed by atoms with E-state index in [0.717, 1.165) is 0 Å². The van der Waals surface area contributed by atoms with Crippen molar-refractivity contribution in [2.24, 2.45) is 0 Å². The first-order valence-electron chi connectivity index (χ1n) is 6.06. The first kappa shape index (κ1) is 14.9. The molecule has 1 amide bonds. The summed E-state index contributed by atoms with van der Waals surface area (Å²) in [4.78, 5) is 12.8. The Balaban J connectivity index is 2.21. The van der Waals surface area contributed by atoms with Crippen LogP contribution < -0.4 is 5.73 Å². The Labute approximate surface area is 118 Å². The summed E-state index contributed by atoms with van der Waals surface area (Å²) in [6, 6.07) is 9.64. The average molecular weight is 298 g/mol. The van der Waals surface area contributed by atoms with E-state index in [1.165, 1.54) is 6.07 Å². The Morgan fingerprint density at radius 2 is 1.95 bits per heavy atom. The van der Waals surface area contributed by atoms with Gasteiger partial charge in [-0.3, -0.25) is 9.89 Å². The number of anilines is 1. The number of carbonyl (C=O) groups excluding carboxylic acids is 1. The summed E-state index contributed by atoms with van der Waals surface area (Å²) in [6.45, 7) is -1.50. The van der Waals surface area contributed by atoms with Crippen molar-refractivity contribution in [3.63, 3.8) is 0 Å². The minimum Gasteiger partial charge on any atom is -0.382 e. The molecule has 0 spiro atoms. The summed E-state index contributed by atoms with van der Waals surface area (Å²) in [7, 11) is 0. The molecule has 2 rings (SSSR count). The molecule has 0 radical (unpaired) electrons. The van der Waals surface area contributed by atoms with Gasteiger partial charge in [-0.25, -0.2) is 0 Å². The Morgan fingerprint density at radius 1 is 1.29 bits per heavy atom. The number of nitrogen functional groups attached to an aromatic ring is 1. The van der Waals surface area contributed by atoms with Crippen molar-refractivity contribution < 1.29 is 18.0 Å². The van der Waals surface area contributed by atoms with Crippen LogP contribution in [-0.4, -0.2) is 33.7 Å². The van der Waals surface area contributed by atoms with Gasteiger partial charge in [-0.15, -0.1) is 0 Å². The fraction of sp³-hybridized carbons (Fsp3) is 0.231. The predicted molar refractivity (Wildman–Crippen MR) is 70.2 cm³/mol. The minimum absolute atomic E-state index is 0.0463. The standard InChI is InChI=1S/C13H13F3N4O/c14-13(15,16)8-20(7-9-4-2-1-3-5-9)12(21)10-6-11(17)19-18-10/h1-6H,7-8H2,(H3,17,18,19). The van der Waals surface area contributed by atoms with Gasteiger partial charge in [0.15, 0.2) is 0 Å². The van der Waals surface area contributed by atoms with Gasteiger partial charge in [0, 0.05) is 12.6 Å². The van der Waals surface area contributed by atoms with Gasteiger partial charge in [-0.2, -0.15) is 18.3 Å². The molecule has 3 N–H and O–H groups in total. The molecule has 0 unspecified atom stereocenters. The molecule has 0 atom stereocenters. The van der Waals surface area contributed by atoms with Crippen LogP contribution in [0.5, 0.6) is 0 Å². The van der Waals surface area contributed by atoms with Gasteiger partial charge in [0.2, 0.25) is 0 Å². The van der Waals surface area contributed by atoms with E-state index >= 15 is 0 Å². The smallest absolute Gasteiger partial charge is 0.382 e. The molecule has 5 nitrogen and oxygen atoms in total. The van der Waals surface area contributed by atoms with Crippen LogP contribution in [-0.2, 0) is 6.54 Å². The molecular weight excluding hydrogens is 285 g/mol. The molecule has 0 aliphatic rings. The van der Waals surface area contributed by atoms with Crippen molar-refractivity contribution in [2.45, 2.75) is 12.7 Å². The molecule has 0 bridgehead atoms. The largest absolute Gasteiger partial charge is 0.406 e. The van der Waals surface area contributed by atoms with Gasteiger partial charge >= 0.3 is 6.18 Å². The van der Waals surface area contributed by atoms with E-state index in [1.807, 2.05) is 0 Å². The van der Waals surface area contributed by atoms with Crippen LogP contribution in [0, 0.1) is 0 Å². The van der Waals surface area contributed by atoms with Gasteiger partial charge in [0.25, 0.3) is 5.91 Å². The maximum atomic E-state index is 12.6. The molecule has 1 heterocycles. The number of alkyl halides is 3. The lowest BCUT2D eigenvalue weighted by molar-refractivity contribution is -0.141. The highest BCUT2D eigenvalue weighted by Crippen LogP contribution is 2.20. The van der Waals surface area contributed by atoms with Crippen LogP contribution in [0.4, 0.5) is 19.0 Å². The van der Waals surface area contributed by atoms with Crippen LogP contribution in [0.3, 0.4) is 0 Å². The second-order valence-corrected chi connectivity index (χ2v) is 4.47. The lowest BCUT2D eigenvalue weighted by Crippen LogP contribution is -2.38. The quantitative estimate of drug-likeness (QED) is 0.908. The number of carbonyl (C=O) groups is 1. The SMILES string of the molecule is Nc1cc(C(=O)N(Cc2ccccc2)CC(F)(F)F)[nH]n1. The Hall–Kier alpha value is -2.51. The van der Waals surface area contributed by atoms with E-state index < -0.39 is 18.6 Å². The lowest BCUT2D eigenvalue weighted by atomic mass is 10.2. The Bertz CT molecular complexity index is 609. The van der Waals surface area contributed by atoms with E-state index in [0.29, 0.717) is 10.5 Å². The zero-order valence-electron chi connectivity index (χ0n) is 10.9. The van der Waals surface area contributed by atoms with Gasteiger partial charge in [0.05, 0.1) is 0 Å². The van der Waals surface area contributed by atoms with Crippen molar-refractivity contribution in [2.75, 3.05) is 12.3 Å². The molecule has 0 saturated carbocycles. The van der Waals surface area contributed by atoms with Crippen molar-refractivity contribution in [3.8, 4) is 0 Å². The number of benzene rings is 1. The van der Waals surface area contributed by atoms with Gasteiger partial charge in [-0.05, 0) is 5.56 Å². The Morgan fingerprint density at radius 3 is 2.48 bits per heavy atom. The maximum absolute atomic E-state index is 12.6. The van der Waals surface area contributed by atoms with E-state index in [-0.39, 0.29) is 18.1 Å². The summed E-state index contributed by atoms with van der Waals surface area (Å²) in [6.07, 6.45) is -4.49. The molecule has 0 aliphatic heterocycles. The van der Waals surface area contributed by atoms with Crippen LogP contribution in [0.25, 0.3) is 0 Å². The molecule has 112 valence electrons. The van der Waals surface area contributed by atoms with Crippen LogP contribution in [0.1, 0.15) is 16.1 Å². The predicted octanol–water partition coefficient (Wildman–Crippen LogP) is 2.20. The number of nitrogens with two attached hydrogens (primary N) is 1. The lowest BCUT2D eigenvalue weighted by Gasteiger charge is -2.23. The molecule has 0 fully saturated rings. The summed E-state index contributed by atoms with van der Waals surface area (Å²) in [5.74, 6) is -0.759. The second-order valence-electron chi connectivity index (χ2n) is 4.47. The van der Waals surface area contributed by atoms with Crippen molar-refractivity contribution in [1.82, 2.24) is 15.1 Å². The molecule has 1 aromatic carbocycles. The molecule has 0 saturated heterocycles. The summed E-state index contributed by atoms with van der Waals surface area (Å²) < 4.78 is 37.9. The number of hydrogen-bond acceptors (Lipinski definition) is 3. The van der Waals surface area contributed by atoms with E-state index in [2.05, 4.69) is 10.2 Å². The zero-order chi connectivity index (χ0) is 15.5. The van der Waals surface area contributed by atoms with Crippen molar-refractivity contribution in [3.05, 3.63) is 47.7 Å². The number of nitrogens with zero attached hydrogens (tertiary/aromatic N) is 2. The molecule has 2 aromatic rings. The third-order valence-corrected chi connectivity index (χ3v) is 2.70. The van der Waals surface area contributed by atoms with Crippen LogP contribution >= 0.6 is 0 Å². The average Bonchev–Trinajstić information content (AvgIpc) is 2.83. The van der Waals surface area contributed by atoms with Gasteiger partial charge in [-0.1, -0.05) is 30.3 Å². The highest BCUT2D eigenvalue weighted by Gasteiger charge is 2.33. The van der Waals surface area contributed by atoms with Crippen LogP contribution in [0.15, 0.2) is 36.4 Å². The van der Waals surface area contributed by atoms with Crippen molar-refractivity contribution in [1.29, 1.82) is 0 Å². The molecule has 21 heavy (non-hydrogen) atoms. The topological polar surface area (TPSA) is 75.0 Å². The molecule has 1 aromatic heterocycles. The molecule has 0 aliphatic carbocycles. The van der Waals surface area contributed by atoms with Gasteiger partial charge in [0.1, 0.15) is 18.1 Å². The summed E-state index contributed by atoms with van der Waals surface area (Å²) in [5.41, 5.74) is 5.88. The number of hydrogen-bond donors (Lipinski definition) is 2. The van der Waals surface area contributed by atoms with Crippen LogP contribution in [0.2, 0.25) is 0 Å². The third kappa shape index (κ3) is 4.23.